The van der Waals surface area contributed by atoms with Crippen molar-refractivity contribution in [2.75, 3.05) is 49.6 Å². The van der Waals surface area contributed by atoms with Gasteiger partial charge in [-0.1, -0.05) is 0 Å². The molecule has 2 aromatic rings. The molecule has 0 N–H and O–H groups in total. The van der Waals surface area contributed by atoms with Crippen LogP contribution in [0, 0.1) is 0 Å². The first-order valence-electron chi connectivity index (χ1n) is 9.92. The van der Waals surface area contributed by atoms with E-state index in [9.17, 15) is 0 Å². The van der Waals surface area contributed by atoms with E-state index in [-0.39, 0.29) is 0 Å². The molecule has 6 heteroatoms. The highest BCUT2D eigenvalue weighted by Crippen LogP contribution is 2.23. The largest absolute Gasteiger partial charge is 0.497 e. The topological polar surface area (TPSA) is 44.7 Å². The van der Waals surface area contributed by atoms with Gasteiger partial charge in [0.15, 0.2) is 0 Å². The van der Waals surface area contributed by atoms with Crippen LogP contribution in [0.1, 0.15) is 25.3 Å². The maximum atomic E-state index is 5.26. The Balaban J connectivity index is 1.34. The number of anilines is 2. The van der Waals surface area contributed by atoms with Gasteiger partial charge < -0.3 is 14.5 Å². The molecule has 4 rings (SSSR count). The molecule has 1 unspecified atom stereocenters. The van der Waals surface area contributed by atoms with Crippen molar-refractivity contribution in [3.8, 4) is 5.75 Å². The van der Waals surface area contributed by atoms with Crippen LogP contribution < -0.4 is 14.5 Å². The minimum atomic E-state index is 0.485. The van der Waals surface area contributed by atoms with E-state index >= 15 is 0 Å². The SMILES string of the molecule is COc1ccc(N2CCN(Cc3cnc(N4CCCC4)nc3)C(C)C2)cc1. The van der Waals surface area contributed by atoms with Gasteiger partial charge in [-0.25, -0.2) is 9.97 Å². The number of nitrogens with zero attached hydrogens (tertiary/aromatic N) is 5. The van der Waals surface area contributed by atoms with Crippen molar-refractivity contribution in [3.05, 3.63) is 42.2 Å². The molecule has 2 fully saturated rings. The molecule has 0 radical (unpaired) electrons. The third-order valence-electron chi connectivity index (χ3n) is 5.67. The highest BCUT2D eigenvalue weighted by Gasteiger charge is 2.24. The molecule has 3 heterocycles. The van der Waals surface area contributed by atoms with E-state index in [0.717, 1.165) is 51.0 Å². The number of hydrogen-bond acceptors (Lipinski definition) is 6. The normalized spacial score (nSPS) is 20.9. The van der Waals surface area contributed by atoms with E-state index < -0.39 is 0 Å². The number of methoxy groups -OCH3 is 1. The second kappa shape index (κ2) is 8.13. The highest BCUT2D eigenvalue weighted by atomic mass is 16.5. The molecule has 1 aromatic carbocycles. The van der Waals surface area contributed by atoms with Crippen molar-refractivity contribution < 1.29 is 4.74 Å². The summed E-state index contributed by atoms with van der Waals surface area (Å²) >= 11 is 0. The molecule has 0 saturated carbocycles. The minimum Gasteiger partial charge on any atom is -0.497 e. The fourth-order valence-electron chi connectivity index (χ4n) is 4.00. The summed E-state index contributed by atoms with van der Waals surface area (Å²) in [4.78, 5) is 16.4. The summed E-state index contributed by atoms with van der Waals surface area (Å²) in [6, 6.07) is 8.84. The summed E-state index contributed by atoms with van der Waals surface area (Å²) in [6.07, 6.45) is 6.51. The van der Waals surface area contributed by atoms with Crippen molar-refractivity contribution in [2.45, 2.75) is 32.4 Å². The Hall–Kier alpha value is -2.34. The Morgan fingerprint density at radius 3 is 2.30 bits per heavy atom. The van der Waals surface area contributed by atoms with Crippen LogP contribution in [0.15, 0.2) is 36.7 Å². The first kappa shape index (κ1) is 18.0. The van der Waals surface area contributed by atoms with Gasteiger partial charge in [0, 0.05) is 69.0 Å². The Kier molecular flexibility index (Phi) is 5.43. The number of piperazine rings is 1. The molecule has 0 bridgehead atoms. The fourth-order valence-corrected chi connectivity index (χ4v) is 4.00. The molecular weight excluding hydrogens is 338 g/mol. The average molecular weight is 367 g/mol. The Bertz CT molecular complexity index is 727. The van der Waals surface area contributed by atoms with Crippen LogP contribution in [-0.4, -0.2) is 60.7 Å². The molecular formula is C21H29N5O. The fraction of sp³-hybridized carbons (Fsp3) is 0.524. The van der Waals surface area contributed by atoms with Gasteiger partial charge in [0.1, 0.15) is 5.75 Å². The van der Waals surface area contributed by atoms with Crippen molar-refractivity contribution >= 4 is 11.6 Å². The summed E-state index contributed by atoms with van der Waals surface area (Å²) in [6.45, 7) is 8.49. The van der Waals surface area contributed by atoms with Crippen LogP contribution in [0.25, 0.3) is 0 Å². The molecule has 2 saturated heterocycles. The summed E-state index contributed by atoms with van der Waals surface area (Å²) in [5.41, 5.74) is 2.46. The predicted molar refractivity (Wildman–Crippen MR) is 109 cm³/mol. The zero-order valence-corrected chi connectivity index (χ0v) is 16.3. The third kappa shape index (κ3) is 4.16. The van der Waals surface area contributed by atoms with Gasteiger partial charge >= 0.3 is 0 Å². The number of hydrogen-bond donors (Lipinski definition) is 0. The molecule has 0 spiro atoms. The predicted octanol–water partition coefficient (Wildman–Crippen LogP) is 2.80. The smallest absolute Gasteiger partial charge is 0.225 e. The average Bonchev–Trinajstić information content (AvgIpc) is 3.25. The third-order valence-corrected chi connectivity index (χ3v) is 5.67. The standard InChI is InChI=1S/C21H29N5O/c1-17-15-26(19-5-7-20(27-2)8-6-19)12-11-25(17)16-18-13-22-21(23-14-18)24-9-3-4-10-24/h5-8,13-14,17H,3-4,9-12,15-16H2,1-2H3. The van der Waals surface area contributed by atoms with E-state index in [2.05, 4.69) is 43.7 Å². The van der Waals surface area contributed by atoms with Gasteiger partial charge in [-0.3, -0.25) is 4.90 Å². The van der Waals surface area contributed by atoms with E-state index in [0.29, 0.717) is 6.04 Å². The molecule has 1 atom stereocenters. The van der Waals surface area contributed by atoms with E-state index in [1.165, 1.54) is 24.1 Å². The lowest BCUT2D eigenvalue weighted by atomic mass is 10.1. The van der Waals surface area contributed by atoms with Gasteiger partial charge in [-0.05, 0) is 44.0 Å². The highest BCUT2D eigenvalue weighted by molar-refractivity contribution is 5.49. The van der Waals surface area contributed by atoms with Gasteiger partial charge in [0.25, 0.3) is 0 Å². The zero-order valence-electron chi connectivity index (χ0n) is 16.3. The zero-order chi connectivity index (χ0) is 18.6. The van der Waals surface area contributed by atoms with Crippen LogP contribution in [0.4, 0.5) is 11.6 Å². The second-order valence-electron chi connectivity index (χ2n) is 7.55. The summed E-state index contributed by atoms with van der Waals surface area (Å²) in [5, 5.41) is 0. The van der Waals surface area contributed by atoms with Crippen molar-refractivity contribution in [3.63, 3.8) is 0 Å². The Morgan fingerprint density at radius 1 is 0.963 bits per heavy atom. The quantitative estimate of drug-likeness (QED) is 0.810. The van der Waals surface area contributed by atoms with E-state index in [4.69, 9.17) is 4.74 Å². The Morgan fingerprint density at radius 2 is 1.67 bits per heavy atom. The molecule has 144 valence electrons. The van der Waals surface area contributed by atoms with Gasteiger partial charge in [-0.2, -0.15) is 0 Å². The van der Waals surface area contributed by atoms with Crippen LogP contribution in [0.5, 0.6) is 5.75 Å². The monoisotopic (exact) mass is 367 g/mol. The lowest BCUT2D eigenvalue weighted by Crippen LogP contribution is -2.51. The van der Waals surface area contributed by atoms with Crippen molar-refractivity contribution in [1.82, 2.24) is 14.9 Å². The molecule has 27 heavy (non-hydrogen) atoms. The molecule has 2 aliphatic heterocycles. The first-order chi connectivity index (χ1) is 13.2. The minimum absolute atomic E-state index is 0.485. The van der Waals surface area contributed by atoms with E-state index in [1.54, 1.807) is 7.11 Å². The van der Waals surface area contributed by atoms with Gasteiger partial charge in [0.05, 0.1) is 7.11 Å². The maximum absolute atomic E-state index is 5.26. The molecule has 6 nitrogen and oxygen atoms in total. The summed E-state index contributed by atoms with van der Waals surface area (Å²) in [5.74, 6) is 1.79. The molecule has 0 amide bonds. The van der Waals surface area contributed by atoms with Crippen LogP contribution in [0.2, 0.25) is 0 Å². The number of benzene rings is 1. The molecule has 2 aliphatic rings. The summed E-state index contributed by atoms with van der Waals surface area (Å²) < 4.78 is 5.26. The van der Waals surface area contributed by atoms with E-state index in [1.807, 2.05) is 24.5 Å². The lowest BCUT2D eigenvalue weighted by Gasteiger charge is -2.41. The van der Waals surface area contributed by atoms with Gasteiger partial charge in [-0.15, -0.1) is 0 Å². The van der Waals surface area contributed by atoms with Crippen LogP contribution in [0.3, 0.4) is 0 Å². The maximum Gasteiger partial charge on any atom is 0.225 e. The number of rotatable bonds is 5. The summed E-state index contributed by atoms with van der Waals surface area (Å²) in [7, 11) is 1.71. The molecule has 1 aromatic heterocycles. The second-order valence-corrected chi connectivity index (χ2v) is 7.55. The van der Waals surface area contributed by atoms with Crippen molar-refractivity contribution in [1.29, 1.82) is 0 Å². The first-order valence-corrected chi connectivity index (χ1v) is 9.92. The van der Waals surface area contributed by atoms with Crippen LogP contribution >= 0.6 is 0 Å². The van der Waals surface area contributed by atoms with Crippen molar-refractivity contribution in [2.24, 2.45) is 0 Å². The lowest BCUT2D eigenvalue weighted by molar-refractivity contribution is 0.180. The van der Waals surface area contributed by atoms with Gasteiger partial charge in [0.2, 0.25) is 5.95 Å². The number of ether oxygens (including phenoxy) is 1. The molecule has 0 aliphatic carbocycles. The van der Waals surface area contributed by atoms with Crippen LogP contribution in [-0.2, 0) is 6.54 Å². The Labute approximate surface area is 161 Å². The number of aromatic nitrogens is 2.